The summed E-state index contributed by atoms with van der Waals surface area (Å²) in [6.07, 6.45) is 0. The summed E-state index contributed by atoms with van der Waals surface area (Å²) in [6.45, 7) is 6.08. The van der Waals surface area contributed by atoms with E-state index >= 15 is 0 Å². The maximum atomic E-state index is 13.3. The average Bonchev–Trinajstić information content (AvgIpc) is 2.74. The van der Waals surface area contributed by atoms with Crippen molar-refractivity contribution < 1.29 is 4.79 Å². The van der Waals surface area contributed by atoms with Crippen molar-refractivity contribution in [1.29, 1.82) is 0 Å². The molecule has 30 heavy (non-hydrogen) atoms. The first kappa shape index (κ1) is 20.3. The molecule has 0 spiro atoms. The van der Waals surface area contributed by atoms with Crippen LogP contribution in [-0.2, 0) is 0 Å². The number of aryl methyl sites for hydroxylation is 2. The molecule has 4 rings (SSSR count). The van der Waals surface area contributed by atoms with Crippen LogP contribution in [-0.4, -0.2) is 10.9 Å². The summed E-state index contributed by atoms with van der Waals surface area (Å²) in [7, 11) is 0. The molecular formula is C26H23BrN2O. The van der Waals surface area contributed by atoms with E-state index in [2.05, 4.69) is 40.3 Å². The predicted molar refractivity (Wildman–Crippen MR) is 127 cm³/mol. The Kier molecular flexibility index (Phi) is 5.69. The summed E-state index contributed by atoms with van der Waals surface area (Å²) in [5.41, 5.74) is 6.55. The van der Waals surface area contributed by atoms with Crippen LogP contribution in [0, 0.1) is 13.8 Å². The number of nitrogens with one attached hydrogen (secondary N) is 1. The van der Waals surface area contributed by atoms with E-state index in [1.807, 2.05) is 74.5 Å². The average molecular weight is 459 g/mol. The molecule has 0 radical (unpaired) electrons. The first-order chi connectivity index (χ1) is 14.4. The number of hydrogen-bond acceptors (Lipinski definition) is 2. The zero-order chi connectivity index (χ0) is 21.3. The summed E-state index contributed by atoms with van der Waals surface area (Å²) >= 11 is 3.57. The third kappa shape index (κ3) is 4.14. The molecule has 3 aromatic carbocycles. The van der Waals surface area contributed by atoms with Gasteiger partial charge in [0, 0.05) is 15.4 Å². The highest BCUT2D eigenvalue weighted by Gasteiger charge is 2.18. The summed E-state index contributed by atoms with van der Waals surface area (Å²) < 4.78 is 0.933. The van der Waals surface area contributed by atoms with Gasteiger partial charge in [0.15, 0.2) is 0 Å². The maximum absolute atomic E-state index is 13.3. The fourth-order valence-electron chi connectivity index (χ4n) is 3.62. The fourth-order valence-corrected chi connectivity index (χ4v) is 4.19. The van der Waals surface area contributed by atoms with Gasteiger partial charge in [0.25, 0.3) is 5.91 Å². The molecule has 0 bridgehead atoms. The van der Waals surface area contributed by atoms with Gasteiger partial charge in [-0.3, -0.25) is 4.79 Å². The molecule has 0 aliphatic rings. The Labute approximate surface area is 185 Å². The van der Waals surface area contributed by atoms with Crippen LogP contribution < -0.4 is 5.32 Å². The van der Waals surface area contributed by atoms with Crippen LogP contribution >= 0.6 is 15.9 Å². The number of aromatic nitrogens is 1. The van der Waals surface area contributed by atoms with E-state index in [4.69, 9.17) is 4.98 Å². The lowest BCUT2D eigenvalue weighted by molar-refractivity contribution is 0.0941. The lowest BCUT2D eigenvalue weighted by Gasteiger charge is -2.17. The van der Waals surface area contributed by atoms with Gasteiger partial charge in [-0.25, -0.2) is 4.98 Å². The van der Waals surface area contributed by atoms with Gasteiger partial charge in [0.1, 0.15) is 0 Å². The van der Waals surface area contributed by atoms with Crippen molar-refractivity contribution in [2.45, 2.75) is 26.8 Å². The summed E-state index contributed by atoms with van der Waals surface area (Å²) in [6, 6.07) is 24.0. The number of fused-ring (bicyclic) bond motifs is 1. The van der Waals surface area contributed by atoms with E-state index < -0.39 is 0 Å². The van der Waals surface area contributed by atoms with Gasteiger partial charge in [-0.2, -0.15) is 0 Å². The number of rotatable bonds is 4. The molecule has 0 saturated heterocycles. The van der Waals surface area contributed by atoms with Gasteiger partial charge in [0.05, 0.1) is 22.8 Å². The zero-order valence-corrected chi connectivity index (χ0v) is 18.8. The van der Waals surface area contributed by atoms with E-state index in [0.29, 0.717) is 5.56 Å². The van der Waals surface area contributed by atoms with E-state index in [1.54, 1.807) is 0 Å². The zero-order valence-electron chi connectivity index (χ0n) is 17.2. The Morgan fingerprint density at radius 1 is 0.967 bits per heavy atom. The highest BCUT2D eigenvalue weighted by atomic mass is 79.9. The molecule has 1 unspecified atom stereocenters. The number of nitrogens with zero attached hydrogens (tertiary/aromatic N) is 1. The van der Waals surface area contributed by atoms with Crippen LogP contribution in [0.4, 0.5) is 0 Å². The smallest absolute Gasteiger partial charge is 0.252 e. The van der Waals surface area contributed by atoms with Crippen molar-refractivity contribution in [2.24, 2.45) is 0 Å². The number of hydrogen-bond donors (Lipinski definition) is 1. The standard InChI is InChI=1S/C26H23BrN2O/c1-16-9-11-20(12-10-16)24-15-23(22-14-21(27)13-17(2)25(22)29-24)26(30)28-18(3)19-7-5-4-6-8-19/h4-15,18H,1-3H3,(H,28,30). The minimum Gasteiger partial charge on any atom is -0.345 e. The second-order valence-corrected chi connectivity index (χ2v) is 8.56. The van der Waals surface area contributed by atoms with Crippen LogP contribution in [0.3, 0.4) is 0 Å². The van der Waals surface area contributed by atoms with Crippen molar-refractivity contribution in [3.8, 4) is 11.3 Å². The molecule has 1 heterocycles. The minimum atomic E-state index is -0.107. The third-order valence-electron chi connectivity index (χ3n) is 5.31. The van der Waals surface area contributed by atoms with Crippen LogP contribution in [0.5, 0.6) is 0 Å². The van der Waals surface area contributed by atoms with Crippen molar-refractivity contribution in [3.63, 3.8) is 0 Å². The Morgan fingerprint density at radius 3 is 2.37 bits per heavy atom. The lowest BCUT2D eigenvalue weighted by atomic mass is 10.00. The van der Waals surface area contributed by atoms with Crippen molar-refractivity contribution in [1.82, 2.24) is 10.3 Å². The normalized spacial score (nSPS) is 12.0. The lowest BCUT2D eigenvalue weighted by Crippen LogP contribution is -2.27. The monoisotopic (exact) mass is 458 g/mol. The predicted octanol–water partition coefficient (Wildman–Crippen LogP) is 6.77. The molecule has 0 saturated carbocycles. The molecule has 0 aliphatic carbocycles. The van der Waals surface area contributed by atoms with Crippen LogP contribution in [0.1, 0.15) is 40.0 Å². The SMILES string of the molecule is Cc1ccc(-c2cc(C(=O)NC(C)c3ccccc3)c3cc(Br)cc(C)c3n2)cc1. The number of benzene rings is 3. The Bertz CT molecular complexity index is 1220. The topological polar surface area (TPSA) is 42.0 Å². The van der Waals surface area contributed by atoms with Gasteiger partial charge < -0.3 is 5.32 Å². The van der Waals surface area contributed by atoms with E-state index in [1.165, 1.54) is 5.56 Å². The first-order valence-corrected chi connectivity index (χ1v) is 10.8. The van der Waals surface area contributed by atoms with Crippen LogP contribution in [0.25, 0.3) is 22.2 Å². The molecule has 4 heteroatoms. The molecule has 150 valence electrons. The Balaban J connectivity index is 1.82. The molecular weight excluding hydrogens is 436 g/mol. The first-order valence-electron chi connectivity index (χ1n) is 9.96. The third-order valence-corrected chi connectivity index (χ3v) is 5.77. The van der Waals surface area contributed by atoms with Gasteiger partial charge in [-0.1, -0.05) is 76.1 Å². The van der Waals surface area contributed by atoms with E-state index in [-0.39, 0.29) is 11.9 Å². The number of halogens is 1. The summed E-state index contributed by atoms with van der Waals surface area (Å²) in [5.74, 6) is -0.107. The van der Waals surface area contributed by atoms with Gasteiger partial charge in [-0.15, -0.1) is 0 Å². The van der Waals surface area contributed by atoms with Gasteiger partial charge in [0.2, 0.25) is 0 Å². The summed E-state index contributed by atoms with van der Waals surface area (Å²) in [5, 5.41) is 3.99. The molecule has 1 amide bonds. The number of amides is 1. The quantitative estimate of drug-likeness (QED) is 0.366. The number of carbonyl (C=O) groups is 1. The summed E-state index contributed by atoms with van der Waals surface area (Å²) in [4.78, 5) is 18.2. The van der Waals surface area contributed by atoms with Crippen molar-refractivity contribution in [2.75, 3.05) is 0 Å². The van der Waals surface area contributed by atoms with Gasteiger partial charge in [-0.05, 0) is 50.1 Å². The molecule has 0 aliphatic heterocycles. The second kappa shape index (κ2) is 8.41. The molecule has 3 nitrogen and oxygen atoms in total. The van der Waals surface area contributed by atoms with E-state index in [9.17, 15) is 4.79 Å². The van der Waals surface area contributed by atoms with Gasteiger partial charge >= 0.3 is 0 Å². The van der Waals surface area contributed by atoms with Crippen molar-refractivity contribution >= 4 is 32.7 Å². The molecule has 4 aromatic rings. The minimum absolute atomic E-state index is 0.0991. The molecule has 1 aromatic heterocycles. The second-order valence-electron chi connectivity index (χ2n) is 7.65. The molecule has 1 N–H and O–H groups in total. The molecule has 0 fully saturated rings. The Morgan fingerprint density at radius 2 is 1.67 bits per heavy atom. The molecule has 1 atom stereocenters. The highest BCUT2D eigenvalue weighted by Crippen LogP contribution is 2.30. The maximum Gasteiger partial charge on any atom is 0.252 e. The number of carbonyl (C=O) groups excluding carboxylic acids is 1. The fraction of sp³-hybridized carbons (Fsp3) is 0.154. The largest absolute Gasteiger partial charge is 0.345 e. The van der Waals surface area contributed by atoms with Crippen LogP contribution in [0.2, 0.25) is 0 Å². The van der Waals surface area contributed by atoms with E-state index in [0.717, 1.165) is 37.8 Å². The van der Waals surface area contributed by atoms with Crippen LogP contribution in [0.15, 0.2) is 77.3 Å². The highest BCUT2D eigenvalue weighted by molar-refractivity contribution is 9.10. The van der Waals surface area contributed by atoms with Crippen molar-refractivity contribution in [3.05, 3.63) is 99.5 Å². The Hall–Kier alpha value is -2.98. The number of pyridine rings is 1.